The number of carbonyl (C=O) groups excluding carboxylic acids is 1. The van der Waals surface area contributed by atoms with Crippen LogP contribution < -0.4 is 0 Å². The molecule has 0 rings (SSSR count). The first kappa shape index (κ1) is 18.2. The average molecular weight is 293 g/mol. The molecule has 0 spiro atoms. The molecule has 0 N–H and O–H groups in total. The zero-order valence-corrected chi connectivity index (χ0v) is 13.5. The predicted molar refractivity (Wildman–Crippen MR) is 84.2 cm³/mol. The van der Waals surface area contributed by atoms with E-state index in [0.29, 0.717) is 6.61 Å². The van der Waals surface area contributed by atoms with Crippen LogP contribution in [-0.4, -0.2) is 24.1 Å². The third-order valence-corrected chi connectivity index (χ3v) is 5.19. The fourth-order valence-electron chi connectivity index (χ4n) is 1.68. The Labute approximate surface area is 120 Å². The van der Waals surface area contributed by atoms with Crippen molar-refractivity contribution in [3.8, 4) is 0 Å². The molecule has 0 aliphatic heterocycles. The molecule has 108 valence electrons. The number of ether oxygens (including phenoxy) is 1. The Morgan fingerprint density at radius 1 is 0.889 bits per heavy atom. The molecule has 0 saturated heterocycles. The summed E-state index contributed by atoms with van der Waals surface area (Å²) in [4.78, 5) is 10.5. The van der Waals surface area contributed by atoms with Crippen LogP contribution in [0.1, 0.15) is 65.2 Å². The van der Waals surface area contributed by atoms with Crippen molar-refractivity contribution in [1.82, 2.24) is 0 Å². The van der Waals surface area contributed by atoms with Gasteiger partial charge in [0.1, 0.15) is 0 Å². The van der Waals surface area contributed by atoms with Gasteiger partial charge < -0.3 is 4.74 Å². The van der Waals surface area contributed by atoms with E-state index in [1.807, 2.05) is 21.6 Å². The van der Waals surface area contributed by atoms with E-state index in [-0.39, 0.29) is 5.97 Å². The molecule has 2 nitrogen and oxygen atoms in total. The van der Waals surface area contributed by atoms with Gasteiger partial charge in [-0.3, -0.25) is 4.79 Å². The summed E-state index contributed by atoms with van der Waals surface area (Å²) >= 11 is 0. The molecule has 0 unspecified atom stereocenters. The van der Waals surface area contributed by atoms with Gasteiger partial charge >= 0.3 is 5.97 Å². The van der Waals surface area contributed by atoms with E-state index in [2.05, 4.69) is 6.92 Å². The van der Waals surface area contributed by atoms with Gasteiger partial charge in [0.05, 0.1) is 6.61 Å². The van der Waals surface area contributed by atoms with Gasteiger partial charge in [-0.1, -0.05) is 67.0 Å². The quantitative estimate of drug-likeness (QED) is 0.269. The van der Waals surface area contributed by atoms with Crippen LogP contribution in [0.25, 0.3) is 0 Å². The average Bonchev–Trinajstić information content (AvgIpc) is 2.34. The highest BCUT2D eigenvalue weighted by Crippen LogP contribution is 2.22. The summed E-state index contributed by atoms with van der Waals surface area (Å²) in [5.74, 6) is 2.37. The second kappa shape index (κ2) is 15.2. The van der Waals surface area contributed by atoms with E-state index in [4.69, 9.17) is 4.74 Å². The van der Waals surface area contributed by atoms with Crippen LogP contribution >= 0.6 is 21.6 Å². The van der Waals surface area contributed by atoms with E-state index in [1.54, 1.807) is 0 Å². The first-order chi connectivity index (χ1) is 8.77. The van der Waals surface area contributed by atoms with Crippen molar-refractivity contribution in [3.05, 3.63) is 0 Å². The summed E-state index contributed by atoms with van der Waals surface area (Å²) in [6.07, 6.45) is 10.3. The van der Waals surface area contributed by atoms with Crippen LogP contribution in [0.3, 0.4) is 0 Å². The molecular weight excluding hydrogens is 264 g/mol. The fraction of sp³-hybridized carbons (Fsp3) is 0.929. The predicted octanol–water partition coefficient (Wildman–Crippen LogP) is 5.07. The fourth-order valence-corrected chi connectivity index (χ4v) is 3.50. The van der Waals surface area contributed by atoms with Gasteiger partial charge in [-0.25, -0.2) is 0 Å². The standard InChI is InChI=1S/C14H28O2S2/c1-3-17-18-13-11-9-7-5-4-6-8-10-12-16-14(2)15/h3-13H2,1-2H3. The Morgan fingerprint density at radius 2 is 1.44 bits per heavy atom. The van der Waals surface area contributed by atoms with Crippen molar-refractivity contribution in [3.63, 3.8) is 0 Å². The number of hydrogen-bond donors (Lipinski definition) is 0. The number of rotatable bonds is 13. The maximum atomic E-state index is 10.5. The first-order valence-electron chi connectivity index (χ1n) is 7.15. The molecule has 0 amide bonds. The number of carbonyl (C=O) groups is 1. The van der Waals surface area contributed by atoms with Gasteiger partial charge in [0.2, 0.25) is 0 Å². The lowest BCUT2D eigenvalue weighted by molar-refractivity contribution is -0.141. The highest BCUT2D eigenvalue weighted by molar-refractivity contribution is 8.76. The Morgan fingerprint density at radius 3 is 2.00 bits per heavy atom. The van der Waals surface area contributed by atoms with Crippen LogP contribution in [0, 0.1) is 0 Å². The normalized spacial score (nSPS) is 10.6. The van der Waals surface area contributed by atoms with Crippen molar-refractivity contribution in [2.75, 3.05) is 18.1 Å². The molecule has 0 saturated carbocycles. The highest BCUT2D eigenvalue weighted by atomic mass is 33.1. The molecule has 0 aromatic heterocycles. The van der Waals surface area contributed by atoms with Gasteiger partial charge in [-0.15, -0.1) is 0 Å². The maximum absolute atomic E-state index is 10.5. The lowest BCUT2D eigenvalue weighted by atomic mass is 10.1. The minimum atomic E-state index is -0.158. The van der Waals surface area contributed by atoms with Gasteiger partial charge in [0.25, 0.3) is 0 Å². The van der Waals surface area contributed by atoms with Crippen molar-refractivity contribution < 1.29 is 9.53 Å². The van der Waals surface area contributed by atoms with Gasteiger partial charge in [-0.05, 0) is 12.8 Å². The number of esters is 1. The van der Waals surface area contributed by atoms with E-state index in [9.17, 15) is 4.79 Å². The second-order valence-electron chi connectivity index (χ2n) is 4.40. The van der Waals surface area contributed by atoms with Crippen LogP contribution in [0.2, 0.25) is 0 Å². The smallest absolute Gasteiger partial charge is 0.302 e. The second-order valence-corrected chi connectivity index (χ2v) is 7.27. The number of hydrogen-bond acceptors (Lipinski definition) is 4. The van der Waals surface area contributed by atoms with Crippen LogP contribution in [0.4, 0.5) is 0 Å². The molecule has 0 radical (unpaired) electrons. The highest BCUT2D eigenvalue weighted by Gasteiger charge is 1.95. The molecule has 0 aliphatic carbocycles. The zero-order chi connectivity index (χ0) is 13.5. The van der Waals surface area contributed by atoms with Crippen LogP contribution in [0.15, 0.2) is 0 Å². The van der Waals surface area contributed by atoms with Crippen molar-refractivity contribution in [2.45, 2.75) is 65.2 Å². The maximum Gasteiger partial charge on any atom is 0.302 e. The zero-order valence-electron chi connectivity index (χ0n) is 11.9. The van der Waals surface area contributed by atoms with Gasteiger partial charge in [-0.2, -0.15) is 0 Å². The van der Waals surface area contributed by atoms with E-state index < -0.39 is 0 Å². The summed E-state index contributed by atoms with van der Waals surface area (Å²) < 4.78 is 4.89. The van der Waals surface area contributed by atoms with E-state index in [0.717, 1.165) is 6.42 Å². The summed E-state index contributed by atoms with van der Waals surface area (Å²) in [6.45, 7) is 4.28. The molecule has 0 fully saturated rings. The minimum absolute atomic E-state index is 0.158. The van der Waals surface area contributed by atoms with Crippen LogP contribution in [-0.2, 0) is 9.53 Å². The first-order valence-corrected chi connectivity index (χ1v) is 9.64. The summed E-state index contributed by atoms with van der Waals surface area (Å²) in [5.41, 5.74) is 0. The molecule has 0 bridgehead atoms. The molecule has 0 aromatic rings. The molecule has 0 atom stereocenters. The summed E-state index contributed by atoms with van der Waals surface area (Å²) in [7, 11) is 3.98. The Bertz CT molecular complexity index is 187. The van der Waals surface area contributed by atoms with Crippen LogP contribution in [0.5, 0.6) is 0 Å². The molecule has 0 heterocycles. The van der Waals surface area contributed by atoms with E-state index >= 15 is 0 Å². The Hall–Kier alpha value is 0.170. The lowest BCUT2D eigenvalue weighted by Crippen LogP contribution is -2.00. The summed E-state index contributed by atoms with van der Waals surface area (Å²) in [5, 5.41) is 0. The number of unbranched alkanes of at least 4 members (excludes halogenated alkanes) is 7. The SMILES string of the molecule is CCSSCCCCCCCCCCOC(C)=O. The molecule has 18 heavy (non-hydrogen) atoms. The molecular formula is C14H28O2S2. The molecule has 0 aliphatic rings. The van der Waals surface area contributed by atoms with E-state index in [1.165, 1.54) is 63.4 Å². The van der Waals surface area contributed by atoms with Gasteiger partial charge in [0.15, 0.2) is 0 Å². The largest absolute Gasteiger partial charge is 0.466 e. The Balaban J connectivity index is 2.92. The van der Waals surface area contributed by atoms with Crippen molar-refractivity contribution in [2.24, 2.45) is 0 Å². The Kier molecular flexibility index (Phi) is 15.4. The topological polar surface area (TPSA) is 26.3 Å². The molecule has 4 heteroatoms. The van der Waals surface area contributed by atoms with Crippen molar-refractivity contribution in [1.29, 1.82) is 0 Å². The lowest BCUT2D eigenvalue weighted by Gasteiger charge is -2.03. The summed E-state index contributed by atoms with van der Waals surface area (Å²) in [6, 6.07) is 0. The third-order valence-electron chi connectivity index (χ3n) is 2.63. The third kappa shape index (κ3) is 16.2. The van der Waals surface area contributed by atoms with Gasteiger partial charge in [0, 0.05) is 18.4 Å². The molecule has 0 aromatic carbocycles. The monoisotopic (exact) mass is 292 g/mol. The minimum Gasteiger partial charge on any atom is -0.466 e. The van der Waals surface area contributed by atoms with Crippen molar-refractivity contribution >= 4 is 27.6 Å².